The Morgan fingerprint density at radius 2 is 1.63 bits per heavy atom. The van der Waals surface area contributed by atoms with Gasteiger partial charge < -0.3 is 4.90 Å². The van der Waals surface area contributed by atoms with Gasteiger partial charge in [-0.2, -0.15) is 19.5 Å². The summed E-state index contributed by atoms with van der Waals surface area (Å²) >= 11 is 0. The van der Waals surface area contributed by atoms with Crippen LogP contribution in [0.2, 0.25) is 0 Å². The highest BCUT2D eigenvalue weighted by atomic mass is 32.2. The van der Waals surface area contributed by atoms with Crippen molar-refractivity contribution in [1.29, 1.82) is 5.26 Å². The molecule has 0 radical (unpaired) electrons. The third-order valence-corrected chi connectivity index (χ3v) is 6.81. The number of sulfonamides is 1. The Hall–Kier alpha value is -3.55. The van der Waals surface area contributed by atoms with Gasteiger partial charge >= 0.3 is 0 Å². The predicted molar refractivity (Wildman–Crippen MR) is 107 cm³/mol. The summed E-state index contributed by atoms with van der Waals surface area (Å²) in [6, 6.07) is 17.3. The molecular weight excluding hydrogens is 404 g/mol. The summed E-state index contributed by atoms with van der Waals surface area (Å²) in [4.78, 5) is 15.7. The molecule has 1 aromatic heterocycles. The monoisotopic (exact) mass is 422 g/mol. The van der Waals surface area contributed by atoms with E-state index in [9.17, 15) is 18.5 Å². The first-order valence-corrected chi connectivity index (χ1v) is 10.7. The molecule has 9 nitrogen and oxygen atoms in total. The van der Waals surface area contributed by atoms with E-state index in [0.29, 0.717) is 0 Å². The molecule has 1 amide bonds. The fourth-order valence-electron chi connectivity index (χ4n) is 3.26. The summed E-state index contributed by atoms with van der Waals surface area (Å²) in [6.45, 7) is 0.733. The van der Waals surface area contributed by atoms with Gasteiger partial charge in [-0.3, -0.25) is 4.79 Å². The molecule has 2 heterocycles. The third kappa shape index (κ3) is 3.68. The Labute approximate surface area is 173 Å². The lowest BCUT2D eigenvalue weighted by Crippen LogP contribution is -2.50. The molecule has 1 fully saturated rings. The van der Waals surface area contributed by atoms with Crippen LogP contribution in [0.25, 0.3) is 5.69 Å². The van der Waals surface area contributed by atoms with Crippen LogP contribution in [0.3, 0.4) is 0 Å². The van der Waals surface area contributed by atoms with Gasteiger partial charge in [-0.15, -0.1) is 5.10 Å². The average molecular weight is 422 g/mol. The minimum absolute atomic E-state index is 0.0157. The minimum Gasteiger partial charge on any atom is -0.335 e. The standard InChI is InChI=1S/C20H18N6O3S/c21-14-16-6-4-5-9-19(16)30(28,29)25-12-10-24(11-13-25)20(27)18-15-22-26(23-18)17-7-2-1-3-8-17/h1-9,15H,10-13H2. The van der Waals surface area contributed by atoms with Gasteiger partial charge in [0.2, 0.25) is 10.0 Å². The molecule has 0 aliphatic carbocycles. The third-order valence-electron chi connectivity index (χ3n) is 4.85. The smallest absolute Gasteiger partial charge is 0.276 e. The summed E-state index contributed by atoms with van der Waals surface area (Å²) in [6.07, 6.45) is 1.40. The van der Waals surface area contributed by atoms with Gasteiger partial charge in [-0.05, 0) is 24.3 Å². The van der Waals surface area contributed by atoms with Crippen LogP contribution < -0.4 is 0 Å². The van der Waals surface area contributed by atoms with Crippen LogP contribution in [0.1, 0.15) is 16.1 Å². The Balaban J connectivity index is 1.45. The molecule has 0 N–H and O–H groups in total. The Kier molecular flexibility index (Phi) is 5.31. The molecule has 4 rings (SSSR count). The molecule has 152 valence electrons. The number of carbonyl (C=O) groups is 1. The number of nitrogens with zero attached hydrogens (tertiary/aromatic N) is 6. The molecule has 0 saturated carbocycles. The number of piperazine rings is 1. The number of amides is 1. The molecule has 3 aromatic rings. The van der Waals surface area contributed by atoms with Crippen LogP contribution in [0.15, 0.2) is 65.7 Å². The molecule has 0 spiro atoms. The molecule has 1 aliphatic heterocycles. The Bertz CT molecular complexity index is 1210. The maximum absolute atomic E-state index is 12.9. The largest absolute Gasteiger partial charge is 0.335 e. The van der Waals surface area contributed by atoms with E-state index in [2.05, 4.69) is 10.2 Å². The maximum atomic E-state index is 12.9. The number of hydrogen-bond donors (Lipinski definition) is 0. The van der Waals surface area contributed by atoms with Crippen molar-refractivity contribution in [2.45, 2.75) is 4.90 Å². The van der Waals surface area contributed by atoms with Crippen LogP contribution in [0, 0.1) is 11.3 Å². The molecule has 2 aromatic carbocycles. The summed E-state index contributed by atoms with van der Waals surface area (Å²) in [5.41, 5.74) is 1.04. The van der Waals surface area contributed by atoms with Crippen molar-refractivity contribution in [3.05, 3.63) is 72.1 Å². The van der Waals surface area contributed by atoms with Crippen LogP contribution in [-0.2, 0) is 10.0 Å². The van der Waals surface area contributed by atoms with E-state index in [4.69, 9.17) is 0 Å². The number of rotatable bonds is 4. The van der Waals surface area contributed by atoms with Gasteiger partial charge in [-0.25, -0.2) is 8.42 Å². The van der Waals surface area contributed by atoms with E-state index >= 15 is 0 Å². The highest BCUT2D eigenvalue weighted by Crippen LogP contribution is 2.21. The average Bonchev–Trinajstić information content (AvgIpc) is 3.29. The lowest BCUT2D eigenvalue weighted by Gasteiger charge is -2.33. The molecule has 30 heavy (non-hydrogen) atoms. The normalized spacial score (nSPS) is 15.0. The van der Waals surface area contributed by atoms with Gasteiger partial charge in [0, 0.05) is 26.2 Å². The number of aromatic nitrogens is 3. The molecule has 0 atom stereocenters. The second-order valence-electron chi connectivity index (χ2n) is 6.66. The minimum atomic E-state index is -3.81. The second-order valence-corrected chi connectivity index (χ2v) is 8.57. The lowest BCUT2D eigenvalue weighted by atomic mass is 10.2. The van der Waals surface area contributed by atoms with Crippen molar-refractivity contribution in [3.8, 4) is 11.8 Å². The summed E-state index contributed by atoms with van der Waals surface area (Å²) in [7, 11) is -3.81. The zero-order valence-electron chi connectivity index (χ0n) is 15.9. The molecule has 1 saturated heterocycles. The van der Waals surface area contributed by atoms with Crippen molar-refractivity contribution in [1.82, 2.24) is 24.2 Å². The number of hydrogen-bond acceptors (Lipinski definition) is 6. The SMILES string of the molecule is N#Cc1ccccc1S(=O)(=O)N1CCN(C(=O)c2cnn(-c3ccccc3)n2)CC1. The number of benzene rings is 2. The van der Waals surface area contributed by atoms with E-state index in [1.807, 2.05) is 36.4 Å². The van der Waals surface area contributed by atoms with E-state index in [1.165, 1.54) is 27.4 Å². The van der Waals surface area contributed by atoms with Crippen molar-refractivity contribution in [3.63, 3.8) is 0 Å². The highest BCUT2D eigenvalue weighted by Gasteiger charge is 2.32. The molecule has 0 unspecified atom stereocenters. The van der Waals surface area contributed by atoms with Crippen molar-refractivity contribution in [2.75, 3.05) is 26.2 Å². The Morgan fingerprint density at radius 1 is 0.967 bits per heavy atom. The Morgan fingerprint density at radius 3 is 2.33 bits per heavy atom. The van der Waals surface area contributed by atoms with Crippen LogP contribution in [0.4, 0.5) is 0 Å². The van der Waals surface area contributed by atoms with E-state index < -0.39 is 10.0 Å². The molecule has 0 bridgehead atoms. The van der Waals surface area contributed by atoms with E-state index in [1.54, 1.807) is 17.0 Å². The summed E-state index contributed by atoms with van der Waals surface area (Å²) < 4.78 is 27.1. The highest BCUT2D eigenvalue weighted by molar-refractivity contribution is 7.89. The van der Waals surface area contributed by atoms with Gasteiger partial charge in [-0.1, -0.05) is 30.3 Å². The molecular formula is C20H18N6O3S. The van der Waals surface area contributed by atoms with Crippen molar-refractivity contribution in [2.24, 2.45) is 0 Å². The quantitative estimate of drug-likeness (QED) is 0.626. The number of carbonyl (C=O) groups excluding carboxylic acids is 1. The van der Waals surface area contributed by atoms with Crippen molar-refractivity contribution >= 4 is 15.9 Å². The first-order valence-electron chi connectivity index (χ1n) is 9.27. The fraction of sp³-hybridized carbons (Fsp3) is 0.200. The lowest BCUT2D eigenvalue weighted by molar-refractivity contribution is 0.0691. The first kappa shape index (κ1) is 19.8. The van der Waals surface area contributed by atoms with Gasteiger partial charge in [0.1, 0.15) is 6.07 Å². The number of para-hydroxylation sites is 1. The number of nitriles is 1. The second kappa shape index (κ2) is 8.06. The fourth-order valence-corrected chi connectivity index (χ4v) is 4.83. The van der Waals surface area contributed by atoms with Crippen LogP contribution >= 0.6 is 0 Å². The topological polar surface area (TPSA) is 112 Å². The maximum Gasteiger partial charge on any atom is 0.276 e. The van der Waals surface area contributed by atoms with Crippen LogP contribution in [-0.4, -0.2) is 64.7 Å². The van der Waals surface area contributed by atoms with Gasteiger partial charge in [0.25, 0.3) is 5.91 Å². The zero-order chi connectivity index (χ0) is 21.1. The molecule has 1 aliphatic rings. The summed E-state index contributed by atoms with van der Waals surface area (Å²) in [5, 5.41) is 17.6. The van der Waals surface area contributed by atoms with Crippen LogP contribution in [0.5, 0.6) is 0 Å². The van der Waals surface area contributed by atoms with Crippen molar-refractivity contribution < 1.29 is 13.2 Å². The zero-order valence-corrected chi connectivity index (χ0v) is 16.7. The first-order chi connectivity index (χ1) is 14.5. The predicted octanol–water partition coefficient (Wildman–Crippen LogP) is 1.29. The van der Waals surface area contributed by atoms with Gasteiger partial charge in [0.05, 0.1) is 22.3 Å². The van der Waals surface area contributed by atoms with Gasteiger partial charge in [0.15, 0.2) is 5.69 Å². The van der Waals surface area contributed by atoms with E-state index in [0.717, 1.165) is 5.69 Å². The summed E-state index contributed by atoms with van der Waals surface area (Å²) in [5.74, 6) is -0.299. The molecule has 10 heteroatoms. The van der Waals surface area contributed by atoms with E-state index in [-0.39, 0.29) is 48.2 Å².